The first-order valence-electron chi connectivity index (χ1n) is 7.48. The predicted octanol–water partition coefficient (Wildman–Crippen LogP) is 4.23. The number of rotatable bonds is 6. The molecule has 4 nitrogen and oxygen atoms in total. The molecule has 1 aromatic heterocycles. The molecule has 0 aliphatic carbocycles. The molecule has 0 aliphatic heterocycles. The highest BCUT2D eigenvalue weighted by molar-refractivity contribution is 7.17. The van der Waals surface area contributed by atoms with Gasteiger partial charge in [-0.15, -0.1) is 11.3 Å². The summed E-state index contributed by atoms with van der Waals surface area (Å²) in [4.78, 5) is 23.0. The van der Waals surface area contributed by atoms with Crippen molar-refractivity contribution < 1.29 is 19.1 Å². The molecule has 2 aromatic carbocycles. The summed E-state index contributed by atoms with van der Waals surface area (Å²) < 4.78 is 11.8. The molecule has 0 fully saturated rings. The van der Waals surface area contributed by atoms with E-state index in [0.717, 1.165) is 10.9 Å². The van der Waals surface area contributed by atoms with Gasteiger partial charge >= 0.3 is 5.97 Å². The number of esters is 1. The molecule has 0 N–H and O–H groups in total. The first-order chi connectivity index (χ1) is 11.6. The Hall–Kier alpha value is -2.66. The number of ketones is 1. The second kappa shape index (κ2) is 7.27. The van der Waals surface area contributed by atoms with Crippen LogP contribution in [0.5, 0.6) is 5.75 Å². The zero-order valence-corrected chi connectivity index (χ0v) is 14.0. The third-order valence-electron chi connectivity index (χ3n) is 3.57. The van der Waals surface area contributed by atoms with Crippen LogP contribution in [0.25, 0.3) is 10.1 Å². The van der Waals surface area contributed by atoms with Gasteiger partial charge in [-0.25, -0.2) is 4.79 Å². The van der Waals surface area contributed by atoms with Gasteiger partial charge in [-0.1, -0.05) is 18.2 Å². The number of carbonyl (C=O) groups excluding carboxylic acids is 2. The number of Topliss-reactive ketones (excluding diaryl/α,β-unsaturated/α-hetero) is 1. The van der Waals surface area contributed by atoms with Crippen molar-refractivity contribution in [2.75, 3.05) is 6.61 Å². The summed E-state index contributed by atoms with van der Waals surface area (Å²) >= 11 is 1.63. The van der Waals surface area contributed by atoms with Crippen LogP contribution in [-0.4, -0.2) is 18.4 Å². The number of benzene rings is 2. The average molecular weight is 340 g/mol. The molecule has 0 aliphatic rings. The van der Waals surface area contributed by atoms with Crippen molar-refractivity contribution in [3.8, 4) is 5.75 Å². The van der Waals surface area contributed by atoms with Crippen molar-refractivity contribution in [2.24, 2.45) is 0 Å². The maximum atomic E-state index is 11.8. The molecule has 0 spiro atoms. The van der Waals surface area contributed by atoms with E-state index in [1.165, 1.54) is 11.6 Å². The van der Waals surface area contributed by atoms with Crippen LogP contribution in [-0.2, 0) is 16.1 Å². The Balaban J connectivity index is 1.51. The average Bonchev–Trinajstić information content (AvgIpc) is 3.01. The van der Waals surface area contributed by atoms with Crippen LogP contribution in [0.3, 0.4) is 0 Å². The molecule has 3 aromatic rings. The van der Waals surface area contributed by atoms with Crippen molar-refractivity contribution in [3.05, 3.63) is 65.0 Å². The van der Waals surface area contributed by atoms with Gasteiger partial charge in [0.15, 0.2) is 12.4 Å². The van der Waals surface area contributed by atoms with E-state index in [-0.39, 0.29) is 19.0 Å². The molecule has 3 rings (SSSR count). The standard InChI is InChI=1S/C19H16O4S/c1-13(20)14-6-8-16(9-7-14)22-11-19(21)23-10-15-12-24-18-5-3-2-4-17(15)18/h2-9,12H,10-11H2,1H3. The lowest BCUT2D eigenvalue weighted by molar-refractivity contribution is -0.147. The fourth-order valence-electron chi connectivity index (χ4n) is 2.27. The Kier molecular flexibility index (Phi) is 4.91. The summed E-state index contributed by atoms with van der Waals surface area (Å²) in [7, 11) is 0. The SMILES string of the molecule is CC(=O)c1ccc(OCC(=O)OCc2csc3ccccc23)cc1. The van der Waals surface area contributed by atoms with E-state index in [2.05, 4.69) is 0 Å². The van der Waals surface area contributed by atoms with Crippen LogP contribution >= 0.6 is 11.3 Å². The van der Waals surface area contributed by atoms with Crippen LogP contribution in [0.15, 0.2) is 53.9 Å². The van der Waals surface area contributed by atoms with Gasteiger partial charge in [-0.2, -0.15) is 0 Å². The molecular formula is C19H16O4S. The maximum Gasteiger partial charge on any atom is 0.344 e. The van der Waals surface area contributed by atoms with E-state index >= 15 is 0 Å². The molecule has 0 atom stereocenters. The molecular weight excluding hydrogens is 324 g/mol. The van der Waals surface area contributed by atoms with Crippen LogP contribution in [0.2, 0.25) is 0 Å². The minimum atomic E-state index is -0.430. The number of ether oxygens (including phenoxy) is 2. The first-order valence-corrected chi connectivity index (χ1v) is 8.36. The summed E-state index contributed by atoms with van der Waals surface area (Å²) in [5, 5.41) is 3.11. The molecule has 0 saturated carbocycles. The van der Waals surface area contributed by atoms with E-state index in [0.29, 0.717) is 11.3 Å². The van der Waals surface area contributed by atoms with Crippen molar-refractivity contribution in [3.63, 3.8) is 0 Å². The lowest BCUT2D eigenvalue weighted by Gasteiger charge is -2.07. The Labute approximate surface area is 143 Å². The zero-order chi connectivity index (χ0) is 16.9. The monoisotopic (exact) mass is 340 g/mol. The highest BCUT2D eigenvalue weighted by atomic mass is 32.1. The van der Waals surface area contributed by atoms with Gasteiger partial charge in [0.05, 0.1) is 0 Å². The van der Waals surface area contributed by atoms with Crippen molar-refractivity contribution in [1.82, 2.24) is 0 Å². The molecule has 0 unspecified atom stereocenters. The van der Waals surface area contributed by atoms with Gasteiger partial charge in [-0.05, 0) is 48.0 Å². The molecule has 24 heavy (non-hydrogen) atoms. The summed E-state index contributed by atoms with van der Waals surface area (Å²) in [6, 6.07) is 14.7. The fourth-order valence-corrected chi connectivity index (χ4v) is 3.22. The third-order valence-corrected chi connectivity index (χ3v) is 4.58. The van der Waals surface area contributed by atoms with E-state index in [9.17, 15) is 9.59 Å². The molecule has 5 heteroatoms. The van der Waals surface area contributed by atoms with Gasteiger partial charge in [-0.3, -0.25) is 4.79 Å². The lowest BCUT2D eigenvalue weighted by atomic mass is 10.1. The van der Waals surface area contributed by atoms with Crippen molar-refractivity contribution >= 4 is 33.2 Å². The number of hydrogen-bond donors (Lipinski definition) is 0. The predicted molar refractivity (Wildman–Crippen MR) is 93.6 cm³/mol. The topological polar surface area (TPSA) is 52.6 Å². The first kappa shape index (κ1) is 16.2. The second-order valence-corrected chi connectivity index (χ2v) is 6.20. The number of thiophene rings is 1. The Morgan fingerprint density at radius 2 is 1.79 bits per heavy atom. The van der Waals surface area contributed by atoms with Crippen LogP contribution in [0, 0.1) is 0 Å². The third kappa shape index (κ3) is 3.81. The maximum absolute atomic E-state index is 11.8. The minimum absolute atomic E-state index is 0.0102. The Morgan fingerprint density at radius 1 is 1.04 bits per heavy atom. The number of hydrogen-bond acceptors (Lipinski definition) is 5. The molecule has 0 radical (unpaired) electrons. The number of fused-ring (bicyclic) bond motifs is 1. The quantitative estimate of drug-likeness (QED) is 0.498. The summed E-state index contributed by atoms with van der Waals surface area (Å²) in [6.07, 6.45) is 0. The van der Waals surface area contributed by atoms with Crippen molar-refractivity contribution in [1.29, 1.82) is 0 Å². The van der Waals surface area contributed by atoms with Crippen LogP contribution in [0.4, 0.5) is 0 Å². The number of carbonyl (C=O) groups is 2. The summed E-state index contributed by atoms with van der Waals surface area (Å²) in [5.74, 6) is 0.0859. The summed E-state index contributed by atoms with van der Waals surface area (Å²) in [6.45, 7) is 1.57. The van der Waals surface area contributed by atoms with E-state index in [4.69, 9.17) is 9.47 Å². The largest absolute Gasteiger partial charge is 0.482 e. The van der Waals surface area contributed by atoms with Gasteiger partial charge in [0.25, 0.3) is 0 Å². The lowest BCUT2D eigenvalue weighted by Crippen LogP contribution is -2.14. The molecule has 122 valence electrons. The van der Waals surface area contributed by atoms with Gasteiger partial charge in [0, 0.05) is 15.8 Å². The van der Waals surface area contributed by atoms with Gasteiger partial charge in [0.2, 0.25) is 0 Å². The Bertz CT molecular complexity index is 864. The molecule has 1 heterocycles. The zero-order valence-electron chi connectivity index (χ0n) is 13.2. The van der Waals surface area contributed by atoms with Gasteiger partial charge in [0.1, 0.15) is 12.4 Å². The second-order valence-electron chi connectivity index (χ2n) is 5.29. The van der Waals surface area contributed by atoms with Gasteiger partial charge < -0.3 is 9.47 Å². The minimum Gasteiger partial charge on any atom is -0.482 e. The van der Waals surface area contributed by atoms with E-state index in [1.807, 2.05) is 29.6 Å². The van der Waals surface area contributed by atoms with E-state index in [1.54, 1.807) is 35.6 Å². The smallest absolute Gasteiger partial charge is 0.344 e. The molecule has 0 amide bonds. The van der Waals surface area contributed by atoms with Crippen LogP contribution < -0.4 is 4.74 Å². The normalized spacial score (nSPS) is 10.5. The van der Waals surface area contributed by atoms with Crippen LogP contribution in [0.1, 0.15) is 22.8 Å². The fraction of sp³-hybridized carbons (Fsp3) is 0.158. The van der Waals surface area contributed by atoms with E-state index < -0.39 is 5.97 Å². The van der Waals surface area contributed by atoms with Crippen molar-refractivity contribution in [2.45, 2.75) is 13.5 Å². The Morgan fingerprint density at radius 3 is 2.54 bits per heavy atom. The highest BCUT2D eigenvalue weighted by Gasteiger charge is 2.08. The highest BCUT2D eigenvalue weighted by Crippen LogP contribution is 2.26. The summed E-state index contributed by atoms with van der Waals surface area (Å²) in [5.41, 5.74) is 1.60. The molecule has 0 saturated heterocycles. The molecule has 0 bridgehead atoms.